The van der Waals surface area contributed by atoms with E-state index in [-0.39, 0.29) is 12.1 Å². The van der Waals surface area contributed by atoms with Crippen LogP contribution < -0.4 is 10.2 Å². The van der Waals surface area contributed by atoms with Crippen molar-refractivity contribution >= 4 is 5.82 Å². The Morgan fingerprint density at radius 1 is 1.15 bits per heavy atom. The number of nitrogens with one attached hydrogen (secondary N) is 1. The van der Waals surface area contributed by atoms with Crippen molar-refractivity contribution in [2.75, 3.05) is 18.0 Å². The zero-order chi connectivity index (χ0) is 18.8. The van der Waals surface area contributed by atoms with Crippen molar-refractivity contribution in [2.45, 2.75) is 70.6 Å². The van der Waals surface area contributed by atoms with E-state index in [1.165, 1.54) is 32.1 Å². The van der Waals surface area contributed by atoms with E-state index in [9.17, 15) is 5.11 Å². The maximum absolute atomic E-state index is 10.8. The minimum absolute atomic E-state index is 0.185. The van der Waals surface area contributed by atoms with Crippen molar-refractivity contribution in [2.24, 2.45) is 0 Å². The van der Waals surface area contributed by atoms with E-state index in [0.717, 1.165) is 35.7 Å². The highest BCUT2D eigenvalue weighted by atomic mass is 16.3. The molecule has 0 bridgehead atoms. The van der Waals surface area contributed by atoms with Gasteiger partial charge in [-0.15, -0.1) is 0 Å². The second-order valence-corrected chi connectivity index (χ2v) is 8.17. The van der Waals surface area contributed by atoms with Crippen LogP contribution in [0, 0.1) is 13.8 Å². The smallest absolute Gasteiger partial charge is 0.154 e. The zero-order valence-corrected chi connectivity index (χ0v) is 16.4. The highest BCUT2D eigenvalue weighted by Gasteiger charge is 2.31. The van der Waals surface area contributed by atoms with Gasteiger partial charge >= 0.3 is 0 Å². The van der Waals surface area contributed by atoms with Crippen LogP contribution in [0.1, 0.15) is 49.8 Å². The summed E-state index contributed by atoms with van der Waals surface area (Å²) in [6, 6.07) is 4.88. The summed E-state index contributed by atoms with van der Waals surface area (Å²) in [7, 11) is 0. The molecule has 6 heteroatoms. The summed E-state index contributed by atoms with van der Waals surface area (Å²) < 4.78 is 1.89. The molecule has 4 rings (SSSR count). The Hall–Kier alpha value is -1.92. The Balaban J connectivity index is 1.49. The van der Waals surface area contributed by atoms with Gasteiger partial charge in [-0.2, -0.15) is 5.10 Å². The minimum Gasteiger partial charge on any atom is -0.390 e. The molecule has 3 heterocycles. The SMILES string of the molecule is Cc1cnc(N2CCC(NC3CCCCC3)[C@H](O)C2)c(-n2ccc(C)n2)c1. The Kier molecular flexibility index (Phi) is 5.45. The summed E-state index contributed by atoms with van der Waals surface area (Å²) in [4.78, 5) is 6.90. The first-order valence-corrected chi connectivity index (χ1v) is 10.3. The number of pyridine rings is 1. The molecule has 146 valence electrons. The molecule has 1 aliphatic carbocycles. The quantitative estimate of drug-likeness (QED) is 0.867. The molecule has 1 aliphatic heterocycles. The predicted molar refractivity (Wildman–Crippen MR) is 107 cm³/mol. The fourth-order valence-corrected chi connectivity index (χ4v) is 4.40. The molecule has 0 spiro atoms. The summed E-state index contributed by atoms with van der Waals surface area (Å²) >= 11 is 0. The number of piperidine rings is 1. The molecule has 0 radical (unpaired) electrons. The van der Waals surface area contributed by atoms with Crippen molar-refractivity contribution in [1.82, 2.24) is 20.1 Å². The molecule has 2 atom stereocenters. The zero-order valence-electron chi connectivity index (χ0n) is 16.4. The first kappa shape index (κ1) is 18.4. The summed E-state index contributed by atoms with van der Waals surface area (Å²) in [6.07, 6.45) is 10.9. The third kappa shape index (κ3) is 4.17. The van der Waals surface area contributed by atoms with Gasteiger partial charge < -0.3 is 15.3 Å². The minimum atomic E-state index is -0.379. The molecule has 1 unspecified atom stereocenters. The highest BCUT2D eigenvalue weighted by molar-refractivity contribution is 5.58. The van der Waals surface area contributed by atoms with E-state index >= 15 is 0 Å². The van der Waals surface area contributed by atoms with E-state index in [2.05, 4.69) is 21.4 Å². The normalized spacial score (nSPS) is 24.3. The molecule has 2 fully saturated rings. The molecule has 2 aromatic rings. The van der Waals surface area contributed by atoms with Crippen molar-refractivity contribution < 1.29 is 5.11 Å². The second-order valence-electron chi connectivity index (χ2n) is 8.17. The Morgan fingerprint density at radius 3 is 2.67 bits per heavy atom. The molecular weight excluding hydrogens is 338 g/mol. The van der Waals surface area contributed by atoms with Gasteiger partial charge in [0.15, 0.2) is 5.82 Å². The summed E-state index contributed by atoms with van der Waals surface area (Å²) in [5, 5.41) is 19.1. The van der Waals surface area contributed by atoms with Crippen LogP contribution in [0.2, 0.25) is 0 Å². The summed E-state index contributed by atoms with van der Waals surface area (Å²) in [5.41, 5.74) is 3.07. The molecule has 0 amide bonds. The van der Waals surface area contributed by atoms with Crippen LogP contribution in [-0.4, -0.2) is 51.1 Å². The Labute approximate surface area is 161 Å². The van der Waals surface area contributed by atoms with Crippen LogP contribution >= 0.6 is 0 Å². The third-order valence-electron chi connectivity index (χ3n) is 5.89. The van der Waals surface area contributed by atoms with Crippen LogP contribution in [0.5, 0.6) is 0 Å². The molecular formula is C21H31N5O. The Morgan fingerprint density at radius 2 is 1.96 bits per heavy atom. The van der Waals surface area contributed by atoms with Gasteiger partial charge in [0.2, 0.25) is 0 Å². The number of β-amino-alcohol motifs (C(OH)–C–C–N with tert-alkyl or cyclic N) is 1. The van der Waals surface area contributed by atoms with Crippen LogP contribution in [0.25, 0.3) is 5.69 Å². The average Bonchev–Trinajstić information content (AvgIpc) is 3.10. The molecule has 2 aromatic heterocycles. The number of anilines is 1. The molecule has 2 aliphatic rings. The highest BCUT2D eigenvalue weighted by Crippen LogP contribution is 2.27. The fraction of sp³-hybridized carbons (Fsp3) is 0.619. The number of hydrogen-bond donors (Lipinski definition) is 2. The molecule has 0 aromatic carbocycles. The van der Waals surface area contributed by atoms with E-state index in [4.69, 9.17) is 4.98 Å². The number of aliphatic hydroxyl groups excluding tert-OH is 1. The van der Waals surface area contributed by atoms with Crippen LogP contribution in [0.3, 0.4) is 0 Å². The molecule has 1 saturated heterocycles. The van der Waals surface area contributed by atoms with Crippen molar-refractivity contribution in [3.63, 3.8) is 0 Å². The monoisotopic (exact) mass is 369 g/mol. The Bertz CT molecular complexity index is 768. The fourth-order valence-electron chi connectivity index (χ4n) is 4.40. The maximum atomic E-state index is 10.8. The first-order chi connectivity index (χ1) is 13.1. The van der Waals surface area contributed by atoms with E-state index in [1.807, 2.05) is 37.0 Å². The van der Waals surface area contributed by atoms with E-state index in [0.29, 0.717) is 12.6 Å². The number of aliphatic hydroxyl groups is 1. The third-order valence-corrected chi connectivity index (χ3v) is 5.89. The number of nitrogens with zero attached hydrogens (tertiary/aromatic N) is 4. The molecule has 6 nitrogen and oxygen atoms in total. The largest absolute Gasteiger partial charge is 0.390 e. The van der Waals surface area contributed by atoms with Gasteiger partial charge in [0, 0.05) is 37.6 Å². The standard InChI is InChI=1S/C21H31N5O/c1-15-12-19(26-11-8-16(2)24-26)21(22-13-15)25-10-9-18(20(27)14-25)23-17-6-4-3-5-7-17/h8,11-13,17-18,20,23,27H,3-7,9-10,14H2,1-2H3/t18?,20-/m1/s1. The van der Waals surface area contributed by atoms with Gasteiger partial charge in [-0.1, -0.05) is 19.3 Å². The lowest BCUT2D eigenvalue weighted by atomic mass is 9.93. The van der Waals surface area contributed by atoms with Gasteiger partial charge in [0.1, 0.15) is 5.69 Å². The average molecular weight is 370 g/mol. The van der Waals surface area contributed by atoms with Gasteiger partial charge in [-0.05, 0) is 50.8 Å². The van der Waals surface area contributed by atoms with Crippen LogP contribution in [0.4, 0.5) is 5.82 Å². The number of aryl methyl sites for hydroxylation is 2. The summed E-state index contributed by atoms with van der Waals surface area (Å²) in [6.45, 7) is 5.54. The molecule has 1 saturated carbocycles. The lowest BCUT2D eigenvalue weighted by Gasteiger charge is -2.39. The summed E-state index contributed by atoms with van der Waals surface area (Å²) in [5.74, 6) is 0.902. The lowest BCUT2D eigenvalue weighted by Crippen LogP contribution is -2.55. The number of rotatable bonds is 4. The second kappa shape index (κ2) is 7.98. The van der Waals surface area contributed by atoms with Crippen LogP contribution in [0.15, 0.2) is 24.5 Å². The van der Waals surface area contributed by atoms with Gasteiger partial charge in [0.05, 0.1) is 11.8 Å². The van der Waals surface area contributed by atoms with Crippen molar-refractivity contribution in [1.29, 1.82) is 0 Å². The molecule has 2 N–H and O–H groups in total. The van der Waals surface area contributed by atoms with Crippen molar-refractivity contribution in [3.8, 4) is 5.69 Å². The maximum Gasteiger partial charge on any atom is 0.154 e. The lowest BCUT2D eigenvalue weighted by molar-refractivity contribution is 0.103. The van der Waals surface area contributed by atoms with E-state index < -0.39 is 0 Å². The van der Waals surface area contributed by atoms with E-state index in [1.54, 1.807) is 0 Å². The van der Waals surface area contributed by atoms with Gasteiger partial charge in [-0.25, -0.2) is 9.67 Å². The van der Waals surface area contributed by atoms with Gasteiger partial charge in [-0.3, -0.25) is 0 Å². The topological polar surface area (TPSA) is 66.2 Å². The number of hydrogen-bond acceptors (Lipinski definition) is 5. The van der Waals surface area contributed by atoms with Crippen LogP contribution in [-0.2, 0) is 0 Å². The molecule has 27 heavy (non-hydrogen) atoms. The van der Waals surface area contributed by atoms with Gasteiger partial charge in [0.25, 0.3) is 0 Å². The number of aromatic nitrogens is 3. The predicted octanol–water partition coefficient (Wildman–Crippen LogP) is 2.75. The first-order valence-electron chi connectivity index (χ1n) is 10.3. The van der Waals surface area contributed by atoms with Crippen molar-refractivity contribution in [3.05, 3.63) is 35.8 Å².